The Balaban J connectivity index is 1.53. The standard InChI is InChI=1S/C29H34N2O6/c1-3-15-36-21-8-5-7-20(18-21)26-25-27(32)23-10-9-22(35-4-2)19-24(23)37-28(25)29(33)31(26)12-6-11-30-13-16-34-17-14-30/h5,7-10,18-19,26H,3-4,6,11-17H2,1-2H3. The van der Waals surface area contributed by atoms with Crippen molar-refractivity contribution in [2.24, 2.45) is 0 Å². The molecule has 0 radical (unpaired) electrons. The lowest BCUT2D eigenvalue weighted by Crippen LogP contribution is -2.38. The molecule has 1 atom stereocenters. The molecule has 0 aliphatic carbocycles. The highest BCUT2D eigenvalue weighted by Crippen LogP contribution is 2.39. The maximum absolute atomic E-state index is 13.8. The average molecular weight is 507 g/mol. The molecule has 0 saturated carbocycles. The van der Waals surface area contributed by atoms with Crippen molar-refractivity contribution in [3.8, 4) is 11.5 Å². The smallest absolute Gasteiger partial charge is 0.290 e. The fraction of sp³-hybridized carbons (Fsp3) is 0.448. The van der Waals surface area contributed by atoms with Crippen LogP contribution in [-0.2, 0) is 4.74 Å². The van der Waals surface area contributed by atoms with Crippen molar-refractivity contribution in [1.29, 1.82) is 0 Å². The van der Waals surface area contributed by atoms with Gasteiger partial charge in [-0.25, -0.2) is 0 Å². The molecular formula is C29H34N2O6. The van der Waals surface area contributed by atoms with Crippen molar-refractivity contribution < 1.29 is 23.4 Å². The highest BCUT2D eigenvalue weighted by Gasteiger charge is 2.42. The summed E-state index contributed by atoms with van der Waals surface area (Å²) < 4.78 is 23.0. The van der Waals surface area contributed by atoms with Crippen molar-refractivity contribution >= 4 is 16.9 Å². The van der Waals surface area contributed by atoms with E-state index in [4.69, 9.17) is 18.6 Å². The average Bonchev–Trinajstić information content (AvgIpc) is 3.20. The highest BCUT2D eigenvalue weighted by atomic mass is 16.5. The first-order valence-corrected chi connectivity index (χ1v) is 13.2. The van der Waals surface area contributed by atoms with E-state index in [1.54, 1.807) is 23.1 Å². The molecule has 3 aromatic rings. The first-order chi connectivity index (χ1) is 18.1. The van der Waals surface area contributed by atoms with Crippen LogP contribution >= 0.6 is 0 Å². The van der Waals surface area contributed by atoms with Gasteiger partial charge in [-0.2, -0.15) is 0 Å². The molecular weight excluding hydrogens is 472 g/mol. The Hall–Kier alpha value is -3.36. The zero-order chi connectivity index (χ0) is 25.8. The molecule has 37 heavy (non-hydrogen) atoms. The van der Waals surface area contributed by atoms with E-state index in [1.807, 2.05) is 31.2 Å². The van der Waals surface area contributed by atoms with Gasteiger partial charge in [0.15, 0.2) is 5.43 Å². The number of hydrogen-bond acceptors (Lipinski definition) is 7. The summed E-state index contributed by atoms with van der Waals surface area (Å²) in [6.07, 6.45) is 1.67. The van der Waals surface area contributed by atoms with E-state index >= 15 is 0 Å². The van der Waals surface area contributed by atoms with E-state index in [2.05, 4.69) is 11.8 Å². The molecule has 196 valence electrons. The molecule has 2 aliphatic rings. The van der Waals surface area contributed by atoms with Crippen molar-refractivity contribution in [3.63, 3.8) is 0 Å². The number of fused-ring (bicyclic) bond motifs is 2. The van der Waals surface area contributed by atoms with Gasteiger partial charge in [-0.15, -0.1) is 0 Å². The molecule has 5 rings (SSSR count). The number of carbonyl (C=O) groups is 1. The number of hydrogen-bond donors (Lipinski definition) is 0. The SMILES string of the molecule is CCCOc1cccc(C2c3c(oc4cc(OCC)ccc4c3=O)C(=O)N2CCCN2CCOCC2)c1. The van der Waals surface area contributed by atoms with Gasteiger partial charge in [0, 0.05) is 32.2 Å². The van der Waals surface area contributed by atoms with E-state index in [0.717, 1.165) is 57.0 Å². The Bertz CT molecular complexity index is 1310. The first kappa shape index (κ1) is 25.3. The van der Waals surface area contributed by atoms with Crippen LogP contribution in [0.15, 0.2) is 51.7 Å². The quantitative estimate of drug-likeness (QED) is 0.407. The van der Waals surface area contributed by atoms with Gasteiger partial charge < -0.3 is 23.5 Å². The second kappa shape index (κ2) is 11.4. The molecule has 1 amide bonds. The molecule has 1 aromatic heterocycles. The van der Waals surface area contributed by atoms with Crippen LogP contribution in [0.5, 0.6) is 11.5 Å². The third-order valence-electron chi connectivity index (χ3n) is 6.87. The molecule has 0 bridgehead atoms. The lowest BCUT2D eigenvalue weighted by molar-refractivity contribution is 0.0353. The number of nitrogens with zero attached hydrogens (tertiary/aromatic N) is 2. The van der Waals surface area contributed by atoms with Crippen molar-refractivity contribution in [1.82, 2.24) is 9.80 Å². The first-order valence-electron chi connectivity index (χ1n) is 13.2. The van der Waals surface area contributed by atoms with Crippen LogP contribution in [0.4, 0.5) is 0 Å². The molecule has 3 heterocycles. The molecule has 0 spiro atoms. The van der Waals surface area contributed by atoms with Crippen LogP contribution in [-0.4, -0.2) is 68.3 Å². The summed E-state index contributed by atoms with van der Waals surface area (Å²) in [4.78, 5) is 31.7. The number of carbonyl (C=O) groups excluding carboxylic acids is 1. The summed E-state index contributed by atoms with van der Waals surface area (Å²) >= 11 is 0. The predicted molar refractivity (Wildman–Crippen MR) is 141 cm³/mol. The monoisotopic (exact) mass is 506 g/mol. The third kappa shape index (κ3) is 5.22. The van der Waals surface area contributed by atoms with Crippen LogP contribution in [0, 0.1) is 0 Å². The summed E-state index contributed by atoms with van der Waals surface area (Å²) in [7, 11) is 0. The van der Waals surface area contributed by atoms with E-state index in [9.17, 15) is 9.59 Å². The summed E-state index contributed by atoms with van der Waals surface area (Å²) in [6, 6.07) is 12.3. The lowest BCUT2D eigenvalue weighted by atomic mass is 9.98. The molecule has 8 heteroatoms. The van der Waals surface area contributed by atoms with Gasteiger partial charge in [-0.1, -0.05) is 19.1 Å². The van der Waals surface area contributed by atoms with Gasteiger partial charge in [0.05, 0.1) is 43.4 Å². The number of amides is 1. The maximum atomic E-state index is 13.8. The molecule has 1 fully saturated rings. The van der Waals surface area contributed by atoms with E-state index in [1.165, 1.54) is 0 Å². The van der Waals surface area contributed by atoms with Crippen LogP contribution in [0.25, 0.3) is 11.0 Å². The second-order valence-electron chi connectivity index (χ2n) is 9.39. The zero-order valence-corrected chi connectivity index (χ0v) is 21.5. The summed E-state index contributed by atoms with van der Waals surface area (Å²) in [6.45, 7) is 9.65. The predicted octanol–water partition coefficient (Wildman–Crippen LogP) is 4.25. The van der Waals surface area contributed by atoms with Crippen LogP contribution < -0.4 is 14.9 Å². The number of benzene rings is 2. The van der Waals surface area contributed by atoms with Crippen LogP contribution in [0.1, 0.15) is 54.4 Å². The molecule has 0 N–H and O–H groups in total. The van der Waals surface area contributed by atoms with Crippen molar-refractivity contribution in [2.45, 2.75) is 32.7 Å². The Morgan fingerprint density at radius 3 is 2.57 bits per heavy atom. The normalized spacial score (nSPS) is 17.8. The van der Waals surface area contributed by atoms with Crippen molar-refractivity contribution in [2.75, 3.05) is 52.6 Å². The maximum Gasteiger partial charge on any atom is 0.290 e. The van der Waals surface area contributed by atoms with Crippen molar-refractivity contribution in [3.05, 3.63) is 69.6 Å². The number of rotatable bonds is 10. The van der Waals surface area contributed by atoms with Gasteiger partial charge in [-0.3, -0.25) is 14.5 Å². The van der Waals surface area contributed by atoms with Gasteiger partial charge >= 0.3 is 0 Å². The fourth-order valence-corrected chi connectivity index (χ4v) is 5.12. The van der Waals surface area contributed by atoms with Gasteiger partial charge in [0.25, 0.3) is 5.91 Å². The van der Waals surface area contributed by atoms with Gasteiger partial charge in [-0.05, 0) is 49.6 Å². The topological polar surface area (TPSA) is 81.5 Å². The molecule has 1 saturated heterocycles. The second-order valence-corrected chi connectivity index (χ2v) is 9.39. The minimum atomic E-state index is -0.537. The summed E-state index contributed by atoms with van der Waals surface area (Å²) in [5.74, 6) is 1.17. The minimum Gasteiger partial charge on any atom is -0.494 e. The minimum absolute atomic E-state index is 0.113. The zero-order valence-electron chi connectivity index (χ0n) is 21.5. The molecule has 8 nitrogen and oxygen atoms in total. The third-order valence-corrected chi connectivity index (χ3v) is 6.87. The highest BCUT2D eigenvalue weighted by molar-refractivity contribution is 5.99. The van der Waals surface area contributed by atoms with E-state index in [-0.39, 0.29) is 17.1 Å². The number of morpholine rings is 1. The summed E-state index contributed by atoms with van der Waals surface area (Å²) in [5.41, 5.74) is 1.40. The Kier molecular flexibility index (Phi) is 7.76. The largest absolute Gasteiger partial charge is 0.494 e. The lowest BCUT2D eigenvalue weighted by Gasteiger charge is -2.29. The van der Waals surface area contributed by atoms with Crippen LogP contribution in [0.3, 0.4) is 0 Å². The van der Waals surface area contributed by atoms with Gasteiger partial charge in [0.2, 0.25) is 5.76 Å². The fourth-order valence-electron chi connectivity index (χ4n) is 5.12. The molecule has 2 aromatic carbocycles. The molecule has 1 unspecified atom stereocenters. The Morgan fingerprint density at radius 2 is 1.78 bits per heavy atom. The number of ether oxygens (including phenoxy) is 3. The van der Waals surface area contributed by atoms with Crippen LogP contribution in [0.2, 0.25) is 0 Å². The summed E-state index contributed by atoms with van der Waals surface area (Å²) in [5, 5.41) is 0.438. The Labute approximate surface area is 216 Å². The van der Waals surface area contributed by atoms with E-state index in [0.29, 0.717) is 42.0 Å². The van der Waals surface area contributed by atoms with E-state index < -0.39 is 6.04 Å². The molecule has 2 aliphatic heterocycles. The Morgan fingerprint density at radius 1 is 0.973 bits per heavy atom. The van der Waals surface area contributed by atoms with Gasteiger partial charge in [0.1, 0.15) is 17.1 Å².